The molecule has 0 aromatic rings. The van der Waals surface area contributed by atoms with Gasteiger partial charge in [0.1, 0.15) is 0 Å². The number of carbonyl (C=O) groups is 3. The highest BCUT2D eigenvalue weighted by Gasteiger charge is 2.34. The van der Waals surface area contributed by atoms with Gasteiger partial charge in [0.05, 0.1) is 6.61 Å². The molecule has 0 aliphatic heterocycles. The number of carboxylic acids is 2. The third kappa shape index (κ3) is 3.81. The van der Waals surface area contributed by atoms with Crippen molar-refractivity contribution in [3.8, 4) is 0 Å². The zero-order chi connectivity index (χ0) is 12.9. The highest BCUT2D eigenvalue weighted by molar-refractivity contribution is 5.86. The molecule has 0 aliphatic carbocycles. The lowest BCUT2D eigenvalue weighted by atomic mass is 10.2. The molecule has 0 aliphatic rings. The Morgan fingerprint density at radius 3 is 1.81 bits per heavy atom. The lowest BCUT2D eigenvalue weighted by Gasteiger charge is -2.16. The third-order valence-electron chi connectivity index (χ3n) is 1.49. The van der Waals surface area contributed by atoms with E-state index in [0.29, 0.717) is 0 Å². The van der Waals surface area contributed by atoms with Gasteiger partial charge in [-0.2, -0.15) is 0 Å². The standard InChI is InChI=1S/C7H10O9/c8-1-2(5(11)12)16-7(15)4(10)3(9)6(13)14/h2-4,8-10H,1H2,(H,11,12)(H,13,14). The summed E-state index contributed by atoms with van der Waals surface area (Å²) in [6.07, 6.45) is -6.78. The minimum absolute atomic E-state index is 1.04. The highest BCUT2D eigenvalue weighted by atomic mass is 16.6. The van der Waals surface area contributed by atoms with Gasteiger partial charge in [-0.1, -0.05) is 0 Å². The first-order chi connectivity index (χ1) is 7.31. The van der Waals surface area contributed by atoms with Gasteiger partial charge in [-0.25, -0.2) is 14.4 Å². The molecule has 3 atom stereocenters. The zero-order valence-corrected chi connectivity index (χ0v) is 7.81. The van der Waals surface area contributed by atoms with Crippen LogP contribution in [0.3, 0.4) is 0 Å². The zero-order valence-electron chi connectivity index (χ0n) is 7.81. The Hall–Kier alpha value is -1.71. The van der Waals surface area contributed by atoms with Gasteiger partial charge in [0, 0.05) is 0 Å². The van der Waals surface area contributed by atoms with Gasteiger partial charge < -0.3 is 30.3 Å². The number of aliphatic hydroxyl groups is 3. The number of aliphatic carboxylic acids is 2. The molecule has 16 heavy (non-hydrogen) atoms. The molecule has 0 spiro atoms. The maximum Gasteiger partial charge on any atom is 0.347 e. The van der Waals surface area contributed by atoms with E-state index < -0.39 is 42.8 Å². The Kier molecular flexibility index (Phi) is 5.36. The Bertz CT molecular complexity index is 286. The molecule has 9 heteroatoms. The van der Waals surface area contributed by atoms with E-state index in [-0.39, 0.29) is 0 Å². The molecule has 0 aromatic carbocycles. The summed E-state index contributed by atoms with van der Waals surface area (Å²) in [6, 6.07) is 0. The van der Waals surface area contributed by atoms with Crippen LogP contribution in [-0.4, -0.2) is 68.4 Å². The van der Waals surface area contributed by atoms with Gasteiger partial charge in [-0.05, 0) is 0 Å². The molecule has 5 N–H and O–H groups in total. The van der Waals surface area contributed by atoms with Gasteiger partial charge >= 0.3 is 17.9 Å². The van der Waals surface area contributed by atoms with Gasteiger partial charge in [0.25, 0.3) is 0 Å². The number of carbonyl (C=O) groups excluding carboxylic acids is 1. The smallest absolute Gasteiger partial charge is 0.347 e. The molecule has 0 saturated carbocycles. The Morgan fingerprint density at radius 1 is 1.00 bits per heavy atom. The average molecular weight is 238 g/mol. The van der Waals surface area contributed by atoms with Crippen LogP contribution < -0.4 is 0 Å². The first-order valence-corrected chi connectivity index (χ1v) is 3.94. The van der Waals surface area contributed by atoms with Crippen LogP contribution in [0.5, 0.6) is 0 Å². The minimum atomic E-state index is -2.43. The second-order valence-corrected chi connectivity index (χ2v) is 2.67. The van der Waals surface area contributed by atoms with Crippen molar-refractivity contribution in [3.63, 3.8) is 0 Å². The summed E-state index contributed by atoms with van der Waals surface area (Å²) in [5.41, 5.74) is 0. The molecule has 0 rings (SSSR count). The summed E-state index contributed by atoms with van der Waals surface area (Å²) >= 11 is 0. The van der Waals surface area contributed by atoms with E-state index >= 15 is 0 Å². The number of hydrogen-bond donors (Lipinski definition) is 5. The maximum atomic E-state index is 10.9. The Balaban J connectivity index is 4.45. The Morgan fingerprint density at radius 2 is 1.50 bits per heavy atom. The largest absolute Gasteiger partial charge is 0.479 e. The van der Waals surface area contributed by atoms with Crippen LogP contribution in [0.2, 0.25) is 0 Å². The number of hydrogen-bond acceptors (Lipinski definition) is 7. The van der Waals surface area contributed by atoms with Crippen molar-refractivity contribution in [2.75, 3.05) is 6.61 Å². The van der Waals surface area contributed by atoms with Crippen molar-refractivity contribution in [2.24, 2.45) is 0 Å². The number of aliphatic hydroxyl groups excluding tert-OH is 3. The monoisotopic (exact) mass is 238 g/mol. The van der Waals surface area contributed by atoms with Crippen LogP contribution >= 0.6 is 0 Å². The molecule has 0 fully saturated rings. The van der Waals surface area contributed by atoms with E-state index in [0.717, 1.165) is 0 Å². The lowest BCUT2D eigenvalue weighted by Crippen LogP contribution is -2.43. The quantitative estimate of drug-likeness (QED) is 0.299. The molecule has 0 heterocycles. The summed E-state index contributed by atoms with van der Waals surface area (Å²) in [6.45, 7) is -1.04. The Labute approximate surface area is 88.5 Å². The predicted octanol–water partition coefficient (Wildman–Crippen LogP) is -3.22. The molecule has 0 bridgehead atoms. The summed E-state index contributed by atoms with van der Waals surface area (Å²) < 4.78 is 4.03. The second-order valence-electron chi connectivity index (χ2n) is 2.67. The van der Waals surface area contributed by atoms with Gasteiger partial charge in [-0.15, -0.1) is 0 Å². The molecule has 0 aromatic heterocycles. The van der Waals surface area contributed by atoms with Crippen LogP contribution in [0, 0.1) is 0 Å². The number of esters is 1. The van der Waals surface area contributed by atoms with Crippen molar-refractivity contribution in [1.82, 2.24) is 0 Å². The van der Waals surface area contributed by atoms with E-state index in [4.69, 9.17) is 25.5 Å². The molecular formula is C7H10O9. The van der Waals surface area contributed by atoms with Crippen molar-refractivity contribution < 1.29 is 44.7 Å². The molecule has 92 valence electrons. The van der Waals surface area contributed by atoms with Crippen molar-refractivity contribution in [2.45, 2.75) is 18.3 Å². The van der Waals surface area contributed by atoms with Gasteiger partial charge in [0.15, 0.2) is 12.2 Å². The normalized spacial score (nSPS) is 15.9. The fourth-order valence-corrected chi connectivity index (χ4v) is 0.640. The molecule has 0 saturated heterocycles. The van der Waals surface area contributed by atoms with E-state index in [2.05, 4.69) is 4.74 Å². The van der Waals surface area contributed by atoms with Crippen LogP contribution in [0.1, 0.15) is 0 Å². The lowest BCUT2D eigenvalue weighted by molar-refractivity contribution is -0.180. The highest BCUT2D eigenvalue weighted by Crippen LogP contribution is 2.01. The number of rotatable bonds is 6. The minimum Gasteiger partial charge on any atom is -0.479 e. The first kappa shape index (κ1) is 14.3. The van der Waals surface area contributed by atoms with Gasteiger partial charge in [-0.3, -0.25) is 0 Å². The van der Waals surface area contributed by atoms with Crippen molar-refractivity contribution in [3.05, 3.63) is 0 Å². The molecule has 0 amide bonds. The molecule has 9 nitrogen and oxygen atoms in total. The van der Waals surface area contributed by atoms with E-state index in [9.17, 15) is 14.4 Å². The van der Waals surface area contributed by atoms with E-state index in [1.807, 2.05) is 0 Å². The van der Waals surface area contributed by atoms with Crippen molar-refractivity contribution >= 4 is 17.9 Å². The number of ether oxygens (including phenoxy) is 1. The molecular weight excluding hydrogens is 228 g/mol. The first-order valence-electron chi connectivity index (χ1n) is 3.94. The SMILES string of the molecule is O=C(O)C(CO)OC(=O)C(O)C(O)C(=O)O. The molecule has 0 radical (unpaired) electrons. The maximum absolute atomic E-state index is 10.9. The van der Waals surface area contributed by atoms with Crippen LogP contribution in [-0.2, 0) is 19.1 Å². The fourth-order valence-electron chi connectivity index (χ4n) is 0.640. The summed E-state index contributed by atoms with van der Waals surface area (Å²) in [4.78, 5) is 31.3. The van der Waals surface area contributed by atoms with E-state index in [1.165, 1.54) is 0 Å². The summed E-state index contributed by atoms with van der Waals surface area (Å²) in [5.74, 6) is -5.20. The van der Waals surface area contributed by atoms with Gasteiger partial charge in [0.2, 0.25) is 6.10 Å². The summed E-state index contributed by atoms with van der Waals surface area (Å²) in [5, 5.41) is 42.7. The van der Waals surface area contributed by atoms with Crippen LogP contribution in [0.4, 0.5) is 0 Å². The third-order valence-corrected chi connectivity index (χ3v) is 1.49. The van der Waals surface area contributed by atoms with Crippen LogP contribution in [0.15, 0.2) is 0 Å². The summed E-state index contributed by atoms with van der Waals surface area (Å²) in [7, 11) is 0. The van der Waals surface area contributed by atoms with Crippen molar-refractivity contribution in [1.29, 1.82) is 0 Å². The second kappa shape index (κ2) is 6.00. The fraction of sp³-hybridized carbons (Fsp3) is 0.571. The number of carboxylic acid groups (broad SMARTS) is 2. The molecule has 3 unspecified atom stereocenters. The topological polar surface area (TPSA) is 162 Å². The van der Waals surface area contributed by atoms with E-state index in [1.54, 1.807) is 0 Å². The average Bonchev–Trinajstić information content (AvgIpc) is 2.22. The predicted molar refractivity (Wildman–Crippen MR) is 44.3 cm³/mol. The van der Waals surface area contributed by atoms with Crippen LogP contribution in [0.25, 0.3) is 0 Å².